The number of carbonyl (C=O) groups excluding carboxylic acids is 1. The van der Waals surface area contributed by atoms with Crippen molar-refractivity contribution in [3.05, 3.63) is 97.7 Å². The van der Waals surface area contributed by atoms with Crippen molar-refractivity contribution in [3.8, 4) is 0 Å². The number of hydrogen-bond acceptors (Lipinski definition) is 6. The monoisotopic (exact) mass is 471 g/mol. The fraction of sp³-hybridized carbons (Fsp3) is 0.174. The molecule has 1 aliphatic heterocycles. The number of allylic oxidation sites excluding steroid dienone is 1. The zero-order valence-electron chi connectivity index (χ0n) is 17.2. The summed E-state index contributed by atoms with van der Waals surface area (Å²) in [7, 11) is 1.26. The molecule has 0 spiro atoms. The van der Waals surface area contributed by atoms with E-state index in [0.717, 1.165) is 5.56 Å². The quantitative estimate of drug-likeness (QED) is 0.314. The first-order valence-electron chi connectivity index (χ1n) is 9.71. The summed E-state index contributed by atoms with van der Waals surface area (Å²) in [5.74, 6) is -1.08. The molecule has 3 aromatic rings. The smallest absolute Gasteiger partial charge is 0.336 e. The van der Waals surface area contributed by atoms with Crippen molar-refractivity contribution >= 4 is 35.1 Å². The van der Waals surface area contributed by atoms with E-state index in [2.05, 4.69) is 15.3 Å². The number of H-pyrrole nitrogens is 1. The molecule has 0 aliphatic carbocycles. The van der Waals surface area contributed by atoms with Crippen LogP contribution in [0.25, 0.3) is 0 Å². The Morgan fingerprint density at radius 3 is 2.75 bits per heavy atom. The summed E-state index contributed by atoms with van der Waals surface area (Å²) < 4.78 is 18.9. The second kappa shape index (κ2) is 9.18. The van der Waals surface area contributed by atoms with Gasteiger partial charge in [0, 0.05) is 16.5 Å². The second-order valence-corrected chi connectivity index (χ2v) is 8.53. The summed E-state index contributed by atoms with van der Waals surface area (Å²) in [5, 5.41) is 4.07. The topological polar surface area (TPSA) is 84.1 Å². The van der Waals surface area contributed by atoms with Crippen LogP contribution in [0.15, 0.2) is 69.8 Å². The summed E-state index contributed by atoms with van der Waals surface area (Å²) in [5.41, 5.74) is 1.88. The molecule has 2 heterocycles. The minimum atomic E-state index is -0.826. The molecule has 6 nitrogen and oxygen atoms in total. The lowest BCUT2D eigenvalue weighted by atomic mass is 9.82. The molecule has 1 unspecified atom stereocenters. The molecule has 1 atom stereocenters. The maximum absolute atomic E-state index is 14.0. The van der Waals surface area contributed by atoms with Crippen LogP contribution in [0.4, 0.5) is 10.2 Å². The third kappa shape index (κ3) is 4.28. The van der Waals surface area contributed by atoms with Crippen molar-refractivity contribution in [1.29, 1.82) is 0 Å². The van der Waals surface area contributed by atoms with Crippen molar-refractivity contribution in [3.63, 3.8) is 0 Å². The summed E-state index contributed by atoms with van der Waals surface area (Å²) in [6, 6.07) is 13.2. The largest absolute Gasteiger partial charge is 0.466 e. The van der Waals surface area contributed by atoms with Gasteiger partial charge in [0.25, 0.3) is 5.56 Å². The standard InChI is InChI=1S/C23H19ClFN3O3S/c1-12-17(22(30)31-2)18(13-7-5-8-15(25)10-13)19-20(26-12)27-23(28-21(19)29)32-11-14-6-3-4-9-16(14)24/h3-10,18H,11H2,1-2H3,(H2,26,27,28,29). The number of thioether (sulfide) groups is 1. The maximum Gasteiger partial charge on any atom is 0.336 e. The lowest BCUT2D eigenvalue weighted by Crippen LogP contribution is -2.31. The van der Waals surface area contributed by atoms with Crippen molar-refractivity contribution in [2.24, 2.45) is 0 Å². The summed E-state index contributed by atoms with van der Waals surface area (Å²) in [4.78, 5) is 33.1. The SMILES string of the molecule is COC(=O)C1=C(C)Nc2nc(SCc3ccccc3Cl)[nH]c(=O)c2C1c1cccc(F)c1. The molecular formula is C23H19ClFN3O3S. The number of aromatic nitrogens is 2. The predicted molar refractivity (Wildman–Crippen MR) is 122 cm³/mol. The minimum Gasteiger partial charge on any atom is -0.466 e. The molecule has 2 aromatic carbocycles. The van der Waals surface area contributed by atoms with Crippen molar-refractivity contribution in [2.45, 2.75) is 23.8 Å². The summed E-state index contributed by atoms with van der Waals surface area (Å²) in [6.07, 6.45) is 0. The highest BCUT2D eigenvalue weighted by Gasteiger charge is 2.36. The van der Waals surface area contributed by atoms with Gasteiger partial charge in [-0.1, -0.05) is 53.7 Å². The second-order valence-electron chi connectivity index (χ2n) is 7.16. The van der Waals surface area contributed by atoms with Gasteiger partial charge in [0.15, 0.2) is 5.16 Å². The molecule has 1 aliphatic rings. The number of carbonyl (C=O) groups is 1. The molecule has 0 bridgehead atoms. The first-order chi connectivity index (χ1) is 15.4. The van der Waals surface area contributed by atoms with Crippen LogP contribution >= 0.6 is 23.4 Å². The van der Waals surface area contributed by atoms with Gasteiger partial charge in [-0.15, -0.1) is 0 Å². The number of aromatic amines is 1. The van der Waals surface area contributed by atoms with Gasteiger partial charge in [0.1, 0.15) is 11.6 Å². The first-order valence-corrected chi connectivity index (χ1v) is 11.1. The molecule has 32 heavy (non-hydrogen) atoms. The Morgan fingerprint density at radius 2 is 2.03 bits per heavy atom. The number of nitrogens with zero attached hydrogens (tertiary/aromatic N) is 1. The highest BCUT2D eigenvalue weighted by atomic mass is 35.5. The number of esters is 1. The number of benzene rings is 2. The molecule has 0 radical (unpaired) electrons. The van der Waals surface area contributed by atoms with E-state index < -0.39 is 23.3 Å². The van der Waals surface area contributed by atoms with E-state index in [1.54, 1.807) is 19.1 Å². The predicted octanol–water partition coefficient (Wildman–Crippen LogP) is 4.86. The van der Waals surface area contributed by atoms with E-state index >= 15 is 0 Å². The van der Waals surface area contributed by atoms with Crippen LogP contribution in [0.2, 0.25) is 5.02 Å². The molecule has 1 aromatic heterocycles. The zero-order chi connectivity index (χ0) is 22.8. The third-order valence-corrected chi connectivity index (χ3v) is 6.42. The molecule has 164 valence electrons. The van der Waals surface area contributed by atoms with Crippen LogP contribution in [0, 0.1) is 5.82 Å². The lowest BCUT2D eigenvalue weighted by Gasteiger charge is -2.28. The van der Waals surface area contributed by atoms with E-state index in [4.69, 9.17) is 16.3 Å². The molecule has 0 fully saturated rings. The maximum atomic E-state index is 14.0. The van der Waals surface area contributed by atoms with E-state index in [-0.39, 0.29) is 11.1 Å². The molecule has 4 rings (SSSR count). The lowest BCUT2D eigenvalue weighted by molar-refractivity contribution is -0.136. The number of rotatable bonds is 5. The fourth-order valence-electron chi connectivity index (χ4n) is 3.66. The van der Waals surface area contributed by atoms with Crippen LogP contribution in [-0.4, -0.2) is 23.0 Å². The highest BCUT2D eigenvalue weighted by molar-refractivity contribution is 7.98. The van der Waals surface area contributed by atoms with Gasteiger partial charge in [0.05, 0.1) is 24.2 Å². The van der Waals surface area contributed by atoms with Crippen molar-refractivity contribution in [1.82, 2.24) is 9.97 Å². The first kappa shape index (κ1) is 22.1. The van der Waals surface area contributed by atoms with Gasteiger partial charge < -0.3 is 15.0 Å². The molecule has 0 saturated heterocycles. The van der Waals surface area contributed by atoms with Crippen LogP contribution < -0.4 is 10.9 Å². The normalized spacial score (nSPS) is 15.2. The highest BCUT2D eigenvalue weighted by Crippen LogP contribution is 2.40. The molecule has 2 N–H and O–H groups in total. The van der Waals surface area contributed by atoms with E-state index in [1.165, 1.54) is 37.1 Å². The Kier molecular flexibility index (Phi) is 6.34. The van der Waals surface area contributed by atoms with E-state index in [0.29, 0.717) is 33.0 Å². The van der Waals surface area contributed by atoms with Crippen molar-refractivity contribution in [2.75, 3.05) is 12.4 Å². The van der Waals surface area contributed by atoms with Crippen LogP contribution in [0.3, 0.4) is 0 Å². The van der Waals surface area contributed by atoms with Gasteiger partial charge in [-0.25, -0.2) is 14.2 Å². The molecule has 9 heteroatoms. The Hall–Kier alpha value is -3.10. The van der Waals surface area contributed by atoms with Gasteiger partial charge in [-0.05, 0) is 36.2 Å². The number of ether oxygens (including phenoxy) is 1. The minimum absolute atomic E-state index is 0.226. The zero-order valence-corrected chi connectivity index (χ0v) is 18.8. The Morgan fingerprint density at radius 1 is 1.25 bits per heavy atom. The number of nitrogens with one attached hydrogen (secondary N) is 2. The third-order valence-electron chi connectivity index (χ3n) is 5.13. The van der Waals surface area contributed by atoms with Crippen molar-refractivity contribution < 1.29 is 13.9 Å². The molecular weight excluding hydrogens is 453 g/mol. The van der Waals surface area contributed by atoms with Crippen LogP contribution in [-0.2, 0) is 15.3 Å². The van der Waals surface area contributed by atoms with Gasteiger partial charge in [0.2, 0.25) is 0 Å². The molecule has 0 saturated carbocycles. The Balaban J connectivity index is 1.77. The van der Waals surface area contributed by atoms with Gasteiger partial charge in [-0.2, -0.15) is 0 Å². The average molecular weight is 472 g/mol. The number of halogens is 2. The summed E-state index contributed by atoms with van der Waals surface area (Å²) >= 11 is 7.55. The number of hydrogen-bond donors (Lipinski definition) is 2. The van der Waals surface area contributed by atoms with Crippen LogP contribution in [0.5, 0.6) is 0 Å². The summed E-state index contributed by atoms with van der Waals surface area (Å²) in [6.45, 7) is 1.70. The van der Waals surface area contributed by atoms with E-state index in [1.807, 2.05) is 18.2 Å². The van der Waals surface area contributed by atoms with Gasteiger partial charge in [-0.3, -0.25) is 4.79 Å². The fourth-order valence-corrected chi connectivity index (χ4v) is 4.81. The van der Waals surface area contributed by atoms with Gasteiger partial charge >= 0.3 is 5.97 Å². The number of anilines is 1. The average Bonchev–Trinajstić information content (AvgIpc) is 2.77. The number of fused-ring (bicyclic) bond motifs is 1. The van der Waals surface area contributed by atoms with Crippen LogP contribution in [0.1, 0.15) is 29.5 Å². The Bertz CT molecular complexity index is 1290. The Labute approximate surface area is 192 Å². The van der Waals surface area contributed by atoms with E-state index in [9.17, 15) is 14.0 Å². The molecule has 0 amide bonds. The number of methoxy groups -OCH3 is 1.